The predicted octanol–water partition coefficient (Wildman–Crippen LogP) is 0.298. The van der Waals surface area contributed by atoms with Gasteiger partial charge < -0.3 is 10.1 Å². The second kappa shape index (κ2) is 4.33. The number of aromatic nitrogens is 3. The van der Waals surface area contributed by atoms with Gasteiger partial charge >= 0.3 is 5.97 Å². The van der Waals surface area contributed by atoms with Crippen LogP contribution in [0.4, 0.5) is 0 Å². The Morgan fingerprint density at radius 2 is 1.27 bits per heavy atom. The highest BCUT2D eigenvalue weighted by molar-refractivity contribution is 6.31. The molecule has 3 heterocycles. The van der Waals surface area contributed by atoms with Crippen LogP contribution in [0.2, 0.25) is 0 Å². The Hall–Kier alpha value is -4.01. The topological polar surface area (TPSA) is 153 Å². The molecule has 0 saturated carbocycles. The number of nitrogens with one attached hydrogen (secondary N) is 3. The number of hydrogen-bond acceptors (Lipinski definition) is 5. The van der Waals surface area contributed by atoms with Crippen LogP contribution in [0.3, 0.4) is 0 Å². The molecule has 2 aromatic carbocycles. The van der Waals surface area contributed by atoms with E-state index in [0.717, 1.165) is 0 Å². The molecular weight excluding hydrogens is 342 g/mol. The van der Waals surface area contributed by atoms with Crippen LogP contribution >= 0.6 is 0 Å². The van der Waals surface area contributed by atoms with Crippen molar-refractivity contribution in [2.24, 2.45) is 0 Å². The Morgan fingerprint density at radius 3 is 1.88 bits per heavy atom. The number of benzene rings is 2. The van der Waals surface area contributed by atoms with Gasteiger partial charge in [0.25, 0.3) is 22.2 Å². The maximum absolute atomic E-state index is 12.3. The van der Waals surface area contributed by atoms with Crippen molar-refractivity contribution in [1.82, 2.24) is 15.0 Å². The Morgan fingerprint density at radius 1 is 0.731 bits per heavy atom. The third-order valence-electron chi connectivity index (χ3n) is 4.66. The van der Waals surface area contributed by atoms with E-state index in [9.17, 15) is 24.0 Å². The molecular formula is C17H7N3O6. The molecule has 0 bridgehead atoms. The molecule has 0 aliphatic heterocycles. The van der Waals surface area contributed by atoms with Gasteiger partial charge in [0.15, 0.2) is 0 Å². The van der Waals surface area contributed by atoms with Gasteiger partial charge in [-0.25, -0.2) is 4.79 Å². The van der Waals surface area contributed by atoms with Gasteiger partial charge in [-0.2, -0.15) is 0 Å². The molecule has 3 aromatic heterocycles. The van der Waals surface area contributed by atoms with Crippen LogP contribution in [-0.4, -0.2) is 26.0 Å². The summed E-state index contributed by atoms with van der Waals surface area (Å²) in [4.78, 5) is 67.4. The van der Waals surface area contributed by atoms with E-state index in [2.05, 4.69) is 15.0 Å². The zero-order valence-corrected chi connectivity index (χ0v) is 12.7. The highest BCUT2D eigenvalue weighted by Crippen LogP contribution is 2.34. The second-order valence-corrected chi connectivity index (χ2v) is 6.01. The number of carboxylic acid groups (broad SMARTS) is 1. The standard InChI is InChI=1S/C17H7N3O6/c21-13-8-7-5-2-1-4(17(25)26)3-6(5)18-12(7)11-10(9(8)14(22)19-13)15(23)20-16(11)24/h1-3,18H,(H,25,26)(H,19,21,22)(H,20,23,24). The smallest absolute Gasteiger partial charge is 0.335 e. The van der Waals surface area contributed by atoms with Crippen LogP contribution in [0.25, 0.3) is 43.4 Å². The monoisotopic (exact) mass is 349 g/mol. The summed E-state index contributed by atoms with van der Waals surface area (Å²) in [6, 6.07) is 4.21. The van der Waals surface area contributed by atoms with Gasteiger partial charge in [-0.05, 0) is 12.1 Å². The van der Waals surface area contributed by atoms with Crippen molar-refractivity contribution in [1.29, 1.82) is 0 Å². The van der Waals surface area contributed by atoms with E-state index in [1.165, 1.54) is 18.2 Å². The number of aromatic amines is 3. The summed E-state index contributed by atoms with van der Waals surface area (Å²) >= 11 is 0. The average molecular weight is 349 g/mol. The summed E-state index contributed by atoms with van der Waals surface area (Å²) in [6.45, 7) is 0. The molecule has 0 radical (unpaired) electrons. The summed E-state index contributed by atoms with van der Waals surface area (Å²) < 4.78 is 0. The van der Waals surface area contributed by atoms with Gasteiger partial charge in [-0.15, -0.1) is 0 Å². The molecule has 0 saturated heterocycles. The van der Waals surface area contributed by atoms with Crippen molar-refractivity contribution in [3.05, 3.63) is 65.2 Å². The average Bonchev–Trinajstić information content (AvgIpc) is 3.19. The van der Waals surface area contributed by atoms with Crippen LogP contribution in [0, 0.1) is 0 Å². The molecule has 5 aromatic rings. The van der Waals surface area contributed by atoms with Crippen molar-refractivity contribution in [3.63, 3.8) is 0 Å². The fourth-order valence-electron chi connectivity index (χ4n) is 3.64. The Kier molecular flexibility index (Phi) is 2.39. The van der Waals surface area contributed by atoms with Gasteiger partial charge in [0.05, 0.1) is 32.6 Å². The summed E-state index contributed by atoms with van der Waals surface area (Å²) in [5.41, 5.74) is -2.26. The minimum atomic E-state index is -1.14. The van der Waals surface area contributed by atoms with E-state index >= 15 is 0 Å². The lowest BCUT2D eigenvalue weighted by Gasteiger charge is -1.96. The van der Waals surface area contributed by atoms with E-state index in [1.807, 2.05) is 0 Å². The molecule has 0 spiro atoms. The lowest BCUT2D eigenvalue weighted by molar-refractivity contribution is 0.0697. The van der Waals surface area contributed by atoms with Crippen LogP contribution in [0.5, 0.6) is 0 Å². The summed E-state index contributed by atoms with van der Waals surface area (Å²) in [5.74, 6) is -1.14. The number of hydrogen-bond donors (Lipinski definition) is 4. The van der Waals surface area contributed by atoms with Gasteiger partial charge in [0.2, 0.25) is 0 Å². The Balaban J connectivity index is 2.24. The van der Waals surface area contributed by atoms with Crippen molar-refractivity contribution in [3.8, 4) is 0 Å². The first-order valence-electron chi connectivity index (χ1n) is 7.48. The molecule has 126 valence electrons. The fourth-order valence-corrected chi connectivity index (χ4v) is 3.64. The number of carbonyl (C=O) groups is 1. The summed E-state index contributed by atoms with van der Waals surface area (Å²) in [5, 5.41) is 9.62. The third kappa shape index (κ3) is 1.51. The second-order valence-electron chi connectivity index (χ2n) is 6.01. The first kappa shape index (κ1) is 14.3. The first-order valence-corrected chi connectivity index (χ1v) is 7.48. The molecule has 0 amide bonds. The number of aromatic carboxylic acids is 1. The molecule has 9 nitrogen and oxygen atoms in total. The zero-order chi connectivity index (χ0) is 18.3. The summed E-state index contributed by atoms with van der Waals surface area (Å²) in [7, 11) is 0. The lowest BCUT2D eigenvalue weighted by atomic mass is 10.0. The lowest BCUT2D eigenvalue weighted by Crippen LogP contribution is -2.08. The molecule has 5 rings (SSSR count). The van der Waals surface area contributed by atoms with E-state index in [0.29, 0.717) is 16.3 Å². The molecule has 0 aliphatic rings. The quantitative estimate of drug-likeness (QED) is 0.341. The van der Waals surface area contributed by atoms with Gasteiger partial charge in [-0.1, -0.05) is 6.07 Å². The largest absolute Gasteiger partial charge is 0.478 e. The van der Waals surface area contributed by atoms with E-state index in [-0.39, 0.29) is 32.6 Å². The number of carboxylic acids is 1. The highest BCUT2D eigenvalue weighted by atomic mass is 16.4. The van der Waals surface area contributed by atoms with Crippen molar-refractivity contribution in [2.75, 3.05) is 0 Å². The van der Waals surface area contributed by atoms with E-state index < -0.39 is 28.2 Å². The van der Waals surface area contributed by atoms with Crippen LogP contribution in [0.15, 0.2) is 37.4 Å². The van der Waals surface area contributed by atoms with Crippen molar-refractivity contribution < 1.29 is 9.90 Å². The van der Waals surface area contributed by atoms with Crippen molar-refractivity contribution >= 4 is 49.3 Å². The molecule has 0 aliphatic carbocycles. The van der Waals surface area contributed by atoms with Gasteiger partial charge in [-0.3, -0.25) is 29.1 Å². The molecule has 0 unspecified atom stereocenters. The summed E-state index contributed by atoms with van der Waals surface area (Å²) in [6.07, 6.45) is 0. The Bertz CT molecular complexity index is 1640. The maximum atomic E-state index is 12.3. The maximum Gasteiger partial charge on any atom is 0.335 e. The molecule has 0 fully saturated rings. The minimum absolute atomic E-state index is 0.00271. The zero-order valence-electron chi connectivity index (χ0n) is 12.7. The molecule has 26 heavy (non-hydrogen) atoms. The normalized spacial score (nSPS) is 12.0. The van der Waals surface area contributed by atoms with Crippen molar-refractivity contribution in [2.45, 2.75) is 0 Å². The van der Waals surface area contributed by atoms with Crippen LogP contribution < -0.4 is 22.2 Å². The van der Waals surface area contributed by atoms with Crippen LogP contribution in [0.1, 0.15) is 10.4 Å². The predicted molar refractivity (Wildman–Crippen MR) is 93.9 cm³/mol. The minimum Gasteiger partial charge on any atom is -0.478 e. The Labute approximate surface area is 140 Å². The number of rotatable bonds is 1. The van der Waals surface area contributed by atoms with Gasteiger partial charge in [0.1, 0.15) is 0 Å². The molecule has 9 heteroatoms. The molecule has 0 atom stereocenters. The van der Waals surface area contributed by atoms with E-state index in [1.54, 1.807) is 0 Å². The fraction of sp³-hybridized carbons (Fsp3) is 0. The number of H-pyrrole nitrogens is 3. The van der Waals surface area contributed by atoms with Crippen LogP contribution in [-0.2, 0) is 0 Å². The highest BCUT2D eigenvalue weighted by Gasteiger charge is 2.24. The third-order valence-corrected chi connectivity index (χ3v) is 4.66. The van der Waals surface area contributed by atoms with Gasteiger partial charge in [0, 0.05) is 16.3 Å². The first-order chi connectivity index (χ1) is 12.4. The molecule has 4 N–H and O–H groups in total. The SMILES string of the molecule is O=C(O)c1ccc2c(c1)[nH]c1c3c(=O)[nH]c(=O)c3c3c(=O)[nH]c(=O)c3c21. The van der Waals surface area contributed by atoms with E-state index in [4.69, 9.17) is 5.11 Å². The number of fused-ring (bicyclic) bond motifs is 8.